The molecule has 0 saturated carbocycles. The summed E-state index contributed by atoms with van der Waals surface area (Å²) >= 11 is 1.02. The lowest BCUT2D eigenvalue weighted by atomic mass is 9.98. The number of hydrogen-bond donors (Lipinski definition) is 0. The first kappa shape index (κ1) is 25.9. The number of carbonyl (C=O) groups excluding carboxylic acids is 5. The lowest BCUT2D eigenvalue weighted by molar-refractivity contribution is -0.307. The number of hydrogen-bond acceptors (Lipinski definition) is 12. The fraction of sp³-hybridized carbons (Fsp3) is 0.722. The van der Waals surface area contributed by atoms with Crippen LogP contribution in [-0.2, 0) is 52.4 Å². The van der Waals surface area contributed by atoms with Gasteiger partial charge < -0.3 is 28.4 Å². The second kappa shape index (κ2) is 12.5. The van der Waals surface area contributed by atoms with Crippen LogP contribution in [0, 0.1) is 0 Å². The second-order valence-corrected chi connectivity index (χ2v) is 7.55. The fourth-order valence-corrected chi connectivity index (χ4v) is 3.14. The molecule has 1 fully saturated rings. The second-order valence-electron chi connectivity index (χ2n) is 6.28. The Labute approximate surface area is 178 Å². The van der Waals surface area contributed by atoms with E-state index in [-0.39, 0.29) is 18.3 Å². The van der Waals surface area contributed by atoms with Crippen LogP contribution >= 0.6 is 11.8 Å². The van der Waals surface area contributed by atoms with Crippen molar-refractivity contribution in [2.45, 2.75) is 65.3 Å². The highest BCUT2D eigenvalue weighted by molar-refractivity contribution is 8.13. The zero-order valence-corrected chi connectivity index (χ0v) is 18.2. The van der Waals surface area contributed by atoms with E-state index in [1.807, 2.05) is 0 Å². The van der Waals surface area contributed by atoms with Crippen LogP contribution in [0.1, 0.15) is 34.6 Å². The van der Waals surface area contributed by atoms with Gasteiger partial charge in [-0.25, -0.2) is 0 Å². The van der Waals surface area contributed by atoms with Crippen LogP contribution in [0.3, 0.4) is 0 Å². The maximum absolute atomic E-state index is 11.7. The van der Waals surface area contributed by atoms with Gasteiger partial charge in [-0.05, 0) is 0 Å². The molecule has 0 aromatic heterocycles. The molecule has 1 rings (SSSR count). The van der Waals surface area contributed by atoms with Crippen molar-refractivity contribution in [3.8, 4) is 0 Å². The number of rotatable bonds is 9. The van der Waals surface area contributed by atoms with E-state index >= 15 is 0 Å². The van der Waals surface area contributed by atoms with Gasteiger partial charge in [0.1, 0.15) is 12.7 Å². The lowest BCUT2D eigenvalue weighted by Gasteiger charge is -2.44. The first-order chi connectivity index (χ1) is 14.0. The zero-order valence-electron chi connectivity index (χ0n) is 17.4. The average Bonchev–Trinajstić information content (AvgIpc) is 2.60. The molecule has 0 radical (unpaired) electrons. The number of carbonyl (C=O) groups is 5. The van der Waals surface area contributed by atoms with Gasteiger partial charge in [0.05, 0.1) is 6.61 Å². The Bertz CT molecular complexity index is 650. The summed E-state index contributed by atoms with van der Waals surface area (Å²) in [6, 6.07) is 0. The van der Waals surface area contributed by atoms with Crippen LogP contribution in [0.4, 0.5) is 0 Å². The van der Waals surface area contributed by atoms with E-state index in [1.165, 1.54) is 13.8 Å². The van der Waals surface area contributed by atoms with Crippen LogP contribution in [0.25, 0.3) is 0 Å². The Balaban J connectivity index is 3.17. The topological polar surface area (TPSA) is 141 Å². The van der Waals surface area contributed by atoms with Gasteiger partial charge in [0.15, 0.2) is 29.7 Å². The third-order valence-electron chi connectivity index (χ3n) is 3.62. The fourth-order valence-electron chi connectivity index (χ4n) is 2.67. The van der Waals surface area contributed by atoms with Crippen LogP contribution < -0.4 is 0 Å². The predicted octanol–water partition coefficient (Wildman–Crippen LogP) is 0.366. The van der Waals surface area contributed by atoms with Crippen LogP contribution in [-0.4, -0.2) is 78.7 Å². The molecule has 0 bridgehead atoms. The smallest absolute Gasteiger partial charge is 0.303 e. The minimum Gasteiger partial charge on any atom is -0.463 e. The number of ether oxygens (including phenoxy) is 6. The van der Waals surface area contributed by atoms with Crippen LogP contribution in [0.2, 0.25) is 0 Å². The summed E-state index contributed by atoms with van der Waals surface area (Å²) in [4.78, 5) is 57.2. The van der Waals surface area contributed by atoms with Gasteiger partial charge >= 0.3 is 23.9 Å². The quantitative estimate of drug-likeness (QED) is 0.272. The van der Waals surface area contributed by atoms with E-state index in [2.05, 4.69) is 0 Å². The summed E-state index contributed by atoms with van der Waals surface area (Å²) in [5, 5.41) is -0.111. The lowest BCUT2D eigenvalue weighted by Crippen LogP contribution is -2.63. The molecule has 0 N–H and O–H groups in total. The molecule has 0 spiro atoms. The highest BCUT2D eigenvalue weighted by Crippen LogP contribution is 2.30. The Morgan fingerprint density at radius 3 is 1.80 bits per heavy atom. The van der Waals surface area contributed by atoms with E-state index in [4.69, 9.17) is 28.4 Å². The summed E-state index contributed by atoms with van der Waals surface area (Å²) in [5.74, 6) is -2.47. The van der Waals surface area contributed by atoms with E-state index in [0.29, 0.717) is 5.75 Å². The minimum atomic E-state index is -1.28. The van der Waals surface area contributed by atoms with Gasteiger partial charge in [-0.15, -0.1) is 0 Å². The molecule has 1 saturated heterocycles. The normalized spacial score (nSPS) is 25.7. The van der Waals surface area contributed by atoms with Gasteiger partial charge in [0, 0.05) is 40.4 Å². The van der Waals surface area contributed by atoms with Crippen LogP contribution in [0.15, 0.2) is 0 Å². The maximum atomic E-state index is 11.7. The van der Waals surface area contributed by atoms with Crippen molar-refractivity contribution in [3.05, 3.63) is 0 Å². The third-order valence-corrected chi connectivity index (χ3v) is 4.40. The molecule has 5 atom stereocenters. The van der Waals surface area contributed by atoms with Crippen molar-refractivity contribution in [3.63, 3.8) is 0 Å². The third kappa shape index (κ3) is 9.09. The van der Waals surface area contributed by atoms with Crippen molar-refractivity contribution in [2.75, 3.05) is 19.0 Å². The maximum Gasteiger partial charge on any atom is 0.303 e. The Morgan fingerprint density at radius 1 is 0.767 bits per heavy atom. The van der Waals surface area contributed by atoms with Crippen molar-refractivity contribution < 1.29 is 52.4 Å². The first-order valence-corrected chi connectivity index (χ1v) is 10.0. The van der Waals surface area contributed by atoms with Gasteiger partial charge in [-0.1, -0.05) is 11.8 Å². The zero-order chi connectivity index (χ0) is 22.8. The van der Waals surface area contributed by atoms with Crippen LogP contribution in [0.5, 0.6) is 0 Å². The molecule has 0 aromatic carbocycles. The van der Waals surface area contributed by atoms with Gasteiger partial charge in [-0.2, -0.15) is 0 Å². The van der Waals surface area contributed by atoms with Gasteiger partial charge in [-0.3, -0.25) is 24.0 Å². The SMILES string of the molecule is CC(=O)OC[C@H]1O[C@H](OCCSC(C)=O)[C@H](OC(C)=O)[C@@H](OC(C)=O)[C@@H]1OC(C)=O. The molecule has 1 aliphatic rings. The monoisotopic (exact) mass is 450 g/mol. The number of esters is 4. The van der Waals surface area contributed by atoms with Gasteiger partial charge in [0.2, 0.25) is 0 Å². The molecule has 170 valence electrons. The highest BCUT2D eigenvalue weighted by atomic mass is 32.2. The average molecular weight is 450 g/mol. The Hall–Kier alpha value is -2.18. The molecular formula is C18H26O11S. The molecule has 0 amide bonds. The van der Waals surface area contributed by atoms with E-state index < -0.39 is 54.6 Å². The highest BCUT2D eigenvalue weighted by Gasteiger charge is 2.52. The molecular weight excluding hydrogens is 424 g/mol. The molecule has 1 heterocycles. The van der Waals surface area contributed by atoms with Crippen molar-refractivity contribution in [1.29, 1.82) is 0 Å². The summed E-state index contributed by atoms with van der Waals surface area (Å²) < 4.78 is 32.1. The van der Waals surface area contributed by atoms with E-state index in [9.17, 15) is 24.0 Å². The summed E-state index contributed by atoms with van der Waals surface area (Å²) in [5.41, 5.74) is 0. The summed E-state index contributed by atoms with van der Waals surface area (Å²) in [6.07, 6.45) is -6.10. The standard InChI is InChI=1S/C18H26O11S/c1-9(19)25-8-14-15(26-10(2)20)16(27-11(3)21)17(28-12(4)22)18(29-14)24-6-7-30-13(5)23/h14-18H,6-8H2,1-5H3/t14-,15-,16+,17-,18+/m1/s1. The molecule has 0 unspecified atom stereocenters. The molecule has 0 aromatic rings. The molecule has 11 nitrogen and oxygen atoms in total. The summed E-state index contributed by atoms with van der Waals surface area (Å²) in [6.45, 7) is 5.69. The predicted molar refractivity (Wildman–Crippen MR) is 101 cm³/mol. The molecule has 30 heavy (non-hydrogen) atoms. The van der Waals surface area contributed by atoms with Gasteiger partial charge in [0.25, 0.3) is 0 Å². The van der Waals surface area contributed by atoms with E-state index in [0.717, 1.165) is 32.5 Å². The Kier molecular flexibility index (Phi) is 10.8. The van der Waals surface area contributed by atoms with Crippen molar-refractivity contribution in [1.82, 2.24) is 0 Å². The molecule has 1 aliphatic heterocycles. The first-order valence-electron chi connectivity index (χ1n) is 9.06. The number of thioether (sulfide) groups is 1. The summed E-state index contributed by atoms with van der Waals surface area (Å²) in [7, 11) is 0. The Morgan fingerprint density at radius 2 is 1.30 bits per heavy atom. The minimum absolute atomic E-state index is 0.0397. The largest absolute Gasteiger partial charge is 0.463 e. The van der Waals surface area contributed by atoms with Crippen molar-refractivity contribution in [2.24, 2.45) is 0 Å². The molecule has 0 aliphatic carbocycles. The van der Waals surface area contributed by atoms with E-state index in [1.54, 1.807) is 0 Å². The molecule has 12 heteroatoms. The van der Waals surface area contributed by atoms with Crippen molar-refractivity contribution >= 4 is 40.8 Å².